The zero-order valence-corrected chi connectivity index (χ0v) is 16.6. The quantitative estimate of drug-likeness (QED) is 0.594. The first-order valence-electron chi connectivity index (χ1n) is 8.85. The molecule has 1 amide bonds. The van der Waals surface area contributed by atoms with Gasteiger partial charge in [0, 0.05) is 43.4 Å². The molecule has 1 unspecified atom stereocenters. The summed E-state index contributed by atoms with van der Waals surface area (Å²) in [6.45, 7) is 3.73. The third-order valence-corrected chi connectivity index (χ3v) is 5.43. The number of hydrogen-bond acceptors (Lipinski definition) is 5. The van der Waals surface area contributed by atoms with Crippen molar-refractivity contribution >= 4 is 44.2 Å². The molecule has 3 aromatic heterocycles. The summed E-state index contributed by atoms with van der Waals surface area (Å²) in [6, 6.07) is 3.47. The number of halogens is 1. The highest BCUT2D eigenvalue weighted by Crippen LogP contribution is 2.39. The zero-order valence-electron chi connectivity index (χ0n) is 15.0. The summed E-state index contributed by atoms with van der Waals surface area (Å²) in [7, 11) is 0. The Bertz CT molecular complexity index is 985. The van der Waals surface area contributed by atoms with Crippen molar-refractivity contribution in [1.82, 2.24) is 15.0 Å². The summed E-state index contributed by atoms with van der Waals surface area (Å²) in [6.07, 6.45) is 8.75. The Morgan fingerprint density at radius 2 is 2.30 bits per heavy atom. The van der Waals surface area contributed by atoms with Crippen LogP contribution >= 0.6 is 15.9 Å². The molecule has 27 heavy (non-hydrogen) atoms. The van der Waals surface area contributed by atoms with Gasteiger partial charge in [-0.1, -0.05) is 0 Å². The fourth-order valence-electron chi connectivity index (χ4n) is 3.61. The molecule has 0 aromatic carbocycles. The minimum atomic E-state index is -0.247. The minimum absolute atomic E-state index is 0.211. The van der Waals surface area contributed by atoms with Crippen LogP contribution < -0.4 is 16.0 Å². The van der Waals surface area contributed by atoms with Crippen molar-refractivity contribution in [3.8, 4) is 0 Å². The monoisotopic (exact) mass is 428 g/mol. The lowest BCUT2D eigenvalue weighted by atomic mass is 9.92. The van der Waals surface area contributed by atoms with E-state index in [4.69, 9.17) is 5.73 Å². The van der Waals surface area contributed by atoms with Crippen molar-refractivity contribution in [1.29, 1.82) is 0 Å². The Balaban J connectivity index is 1.75. The zero-order chi connectivity index (χ0) is 19.0. The molecule has 0 spiro atoms. The number of nitrogens with zero attached hydrogens (tertiary/aromatic N) is 3. The van der Waals surface area contributed by atoms with Crippen LogP contribution in [-0.2, 0) is 0 Å². The molecule has 1 saturated heterocycles. The van der Waals surface area contributed by atoms with Crippen LogP contribution in [0, 0.1) is 0 Å². The Kier molecular flexibility index (Phi) is 4.61. The number of aromatic amines is 1. The van der Waals surface area contributed by atoms with Crippen LogP contribution in [0.15, 0.2) is 41.4 Å². The predicted molar refractivity (Wildman–Crippen MR) is 110 cm³/mol. The van der Waals surface area contributed by atoms with Crippen molar-refractivity contribution in [2.75, 3.05) is 23.3 Å². The van der Waals surface area contributed by atoms with Gasteiger partial charge in [-0.2, -0.15) is 0 Å². The van der Waals surface area contributed by atoms with Crippen molar-refractivity contribution in [3.05, 3.63) is 47.0 Å². The predicted octanol–water partition coefficient (Wildman–Crippen LogP) is 3.29. The van der Waals surface area contributed by atoms with Gasteiger partial charge in [0.15, 0.2) is 0 Å². The Labute approximate surface area is 165 Å². The second-order valence-electron chi connectivity index (χ2n) is 7.26. The third-order valence-electron chi connectivity index (χ3n) is 4.85. The number of H-pyrrole nitrogens is 1. The van der Waals surface area contributed by atoms with Crippen molar-refractivity contribution in [3.63, 3.8) is 0 Å². The van der Waals surface area contributed by atoms with E-state index < -0.39 is 0 Å². The van der Waals surface area contributed by atoms with E-state index in [-0.39, 0.29) is 11.4 Å². The molecule has 8 heteroatoms. The van der Waals surface area contributed by atoms with Gasteiger partial charge < -0.3 is 20.9 Å². The van der Waals surface area contributed by atoms with Gasteiger partial charge in [-0.05, 0) is 47.8 Å². The van der Waals surface area contributed by atoms with Crippen LogP contribution in [0.1, 0.15) is 30.1 Å². The number of nitrogens with one attached hydrogen (secondary N) is 2. The molecule has 7 nitrogen and oxygen atoms in total. The molecule has 0 saturated carbocycles. The van der Waals surface area contributed by atoms with E-state index in [1.807, 2.05) is 0 Å². The van der Waals surface area contributed by atoms with Crippen LogP contribution in [0.5, 0.6) is 0 Å². The molecule has 1 atom stereocenters. The number of piperidine rings is 1. The molecule has 140 valence electrons. The first-order valence-corrected chi connectivity index (χ1v) is 9.65. The molecule has 4 N–H and O–H groups in total. The van der Waals surface area contributed by atoms with Gasteiger partial charge in [-0.15, -0.1) is 0 Å². The Morgan fingerprint density at radius 3 is 3.04 bits per heavy atom. The van der Waals surface area contributed by atoms with Crippen LogP contribution in [0.4, 0.5) is 11.4 Å². The molecule has 0 bridgehead atoms. The average molecular weight is 429 g/mol. The summed E-state index contributed by atoms with van der Waals surface area (Å²) >= 11 is 3.64. The van der Waals surface area contributed by atoms with Crippen molar-refractivity contribution < 1.29 is 4.79 Å². The van der Waals surface area contributed by atoms with E-state index >= 15 is 0 Å². The fraction of sp³-hybridized carbons (Fsp3) is 0.316. The summed E-state index contributed by atoms with van der Waals surface area (Å²) in [5.41, 5.74) is 9.08. The lowest BCUT2D eigenvalue weighted by molar-refractivity contribution is 0.102. The van der Waals surface area contributed by atoms with E-state index in [2.05, 4.69) is 48.0 Å². The number of rotatable bonds is 3. The summed E-state index contributed by atoms with van der Waals surface area (Å²) < 4.78 is 0.879. The second kappa shape index (κ2) is 6.94. The van der Waals surface area contributed by atoms with Gasteiger partial charge >= 0.3 is 0 Å². The largest absolute Gasteiger partial charge is 0.368 e. The maximum absolute atomic E-state index is 12.6. The molecule has 1 fully saturated rings. The van der Waals surface area contributed by atoms with E-state index in [0.717, 1.165) is 47.1 Å². The molecule has 1 aliphatic rings. The molecular weight excluding hydrogens is 408 g/mol. The summed E-state index contributed by atoms with van der Waals surface area (Å²) in [5, 5.41) is 3.85. The number of carbonyl (C=O) groups excluding carboxylic acids is 1. The normalized spacial score (nSPS) is 20.0. The van der Waals surface area contributed by atoms with E-state index in [1.54, 1.807) is 36.9 Å². The summed E-state index contributed by atoms with van der Waals surface area (Å²) in [5.74, 6) is -0.211. The molecular formula is C19H21BrN6O. The highest BCUT2D eigenvalue weighted by atomic mass is 79.9. The van der Waals surface area contributed by atoms with Crippen LogP contribution in [0.3, 0.4) is 0 Å². The van der Waals surface area contributed by atoms with Crippen LogP contribution in [0.2, 0.25) is 0 Å². The maximum Gasteiger partial charge on any atom is 0.257 e. The van der Waals surface area contributed by atoms with Gasteiger partial charge in [0.2, 0.25) is 0 Å². The number of aromatic nitrogens is 3. The first kappa shape index (κ1) is 17.9. The van der Waals surface area contributed by atoms with Crippen molar-refractivity contribution in [2.24, 2.45) is 5.73 Å². The number of hydrogen-bond donors (Lipinski definition) is 3. The number of pyridine rings is 2. The van der Waals surface area contributed by atoms with Gasteiger partial charge in [0.25, 0.3) is 5.91 Å². The topological polar surface area (TPSA) is 99.9 Å². The van der Waals surface area contributed by atoms with Crippen LogP contribution in [-0.4, -0.2) is 39.5 Å². The third kappa shape index (κ3) is 3.54. The number of anilines is 2. The smallest absolute Gasteiger partial charge is 0.257 e. The van der Waals surface area contributed by atoms with E-state index in [0.29, 0.717) is 11.3 Å². The van der Waals surface area contributed by atoms with Crippen molar-refractivity contribution in [2.45, 2.75) is 25.3 Å². The Hall–Kier alpha value is -2.45. The number of carbonyl (C=O) groups is 1. The molecule has 0 aliphatic carbocycles. The molecule has 4 heterocycles. The molecule has 1 aliphatic heterocycles. The van der Waals surface area contributed by atoms with Gasteiger partial charge in [0.05, 0.1) is 26.8 Å². The highest BCUT2D eigenvalue weighted by molar-refractivity contribution is 9.10. The number of fused-ring (bicyclic) bond motifs is 1. The lowest BCUT2D eigenvalue weighted by Crippen LogP contribution is -2.52. The standard InChI is InChI=1S/C19H21BrN6O/c1-19(21)5-3-7-26(11-19)16-13(20)9-23-17-15(16)14(10-24-17)25-18(27)12-4-2-6-22-8-12/h2,4,6,8-10H,3,5,7,11,21H2,1H3,(H,23,24)(H,25,27). The second-order valence-corrected chi connectivity index (χ2v) is 8.11. The summed E-state index contributed by atoms with van der Waals surface area (Å²) in [4.78, 5) is 26.5. The van der Waals surface area contributed by atoms with Gasteiger partial charge in [0.1, 0.15) is 5.65 Å². The molecule has 4 rings (SSSR count). The first-order chi connectivity index (χ1) is 12.9. The van der Waals surface area contributed by atoms with Crippen LogP contribution in [0.25, 0.3) is 11.0 Å². The fourth-order valence-corrected chi connectivity index (χ4v) is 4.17. The molecule has 0 radical (unpaired) electrons. The Morgan fingerprint density at radius 1 is 1.44 bits per heavy atom. The SMILES string of the molecule is CC1(N)CCCN(c2c(Br)cnc3[nH]cc(NC(=O)c4cccnc4)c23)C1. The van der Waals surface area contributed by atoms with E-state index in [9.17, 15) is 4.79 Å². The number of nitrogens with two attached hydrogens (primary N) is 1. The number of amides is 1. The minimum Gasteiger partial charge on any atom is -0.368 e. The van der Waals surface area contributed by atoms with Gasteiger partial charge in [-0.3, -0.25) is 9.78 Å². The maximum atomic E-state index is 12.6. The molecule has 3 aromatic rings. The van der Waals surface area contributed by atoms with Gasteiger partial charge in [-0.25, -0.2) is 4.98 Å². The average Bonchev–Trinajstić information content (AvgIpc) is 3.04. The van der Waals surface area contributed by atoms with E-state index in [1.165, 1.54) is 0 Å². The highest BCUT2D eigenvalue weighted by Gasteiger charge is 2.30. The lowest BCUT2D eigenvalue weighted by Gasteiger charge is -2.39.